The molecule has 2 aromatic heterocycles. The molecule has 2 atom stereocenters. The molecular weight excluding hydrogens is 314 g/mol. The molecule has 2 unspecified atom stereocenters. The summed E-state index contributed by atoms with van der Waals surface area (Å²) < 4.78 is 0. The summed E-state index contributed by atoms with van der Waals surface area (Å²) in [6.45, 7) is 0. The van der Waals surface area contributed by atoms with E-state index in [2.05, 4.69) is 32.3 Å². The van der Waals surface area contributed by atoms with Gasteiger partial charge in [-0.2, -0.15) is 4.91 Å². The van der Waals surface area contributed by atoms with Crippen LogP contribution < -0.4 is 5.73 Å². The number of pyridine rings is 1. The summed E-state index contributed by atoms with van der Waals surface area (Å²) in [4.78, 5) is 24.2. The number of benzene rings is 1. The van der Waals surface area contributed by atoms with Crippen LogP contribution in [-0.4, -0.2) is 15.0 Å². The molecule has 1 aromatic carbocycles. The molecule has 25 heavy (non-hydrogen) atoms. The maximum atomic E-state index is 11.4. The first-order chi connectivity index (χ1) is 12.3. The van der Waals surface area contributed by atoms with Crippen molar-refractivity contribution in [2.45, 2.75) is 24.8 Å². The number of nitrogens with two attached hydrogens (primary N) is 1. The van der Waals surface area contributed by atoms with Crippen LogP contribution in [0.3, 0.4) is 0 Å². The van der Waals surface area contributed by atoms with Crippen molar-refractivity contribution in [3.8, 4) is 11.3 Å². The van der Waals surface area contributed by atoms with Crippen molar-refractivity contribution in [2.75, 3.05) is 5.73 Å². The molecular formula is C19H17N5O. The molecule has 0 amide bonds. The highest BCUT2D eigenvalue weighted by atomic mass is 16.3. The molecule has 124 valence electrons. The fourth-order valence-corrected chi connectivity index (χ4v) is 3.54. The number of hydrogen-bond acceptors (Lipinski definition) is 6. The minimum absolute atomic E-state index is 0.128. The zero-order chi connectivity index (χ0) is 17.2. The largest absolute Gasteiger partial charge is 0.368 e. The number of hydrogen-bond donors (Lipinski definition) is 1. The number of fused-ring (bicyclic) bond motifs is 1. The first kappa shape index (κ1) is 15.4. The van der Waals surface area contributed by atoms with Crippen LogP contribution in [0.15, 0.2) is 60.0 Å². The Hall–Kier alpha value is -3.15. The maximum Gasteiger partial charge on any atom is 0.220 e. The van der Waals surface area contributed by atoms with E-state index in [4.69, 9.17) is 5.73 Å². The van der Waals surface area contributed by atoms with Crippen LogP contribution in [-0.2, 0) is 6.42 Å². The number of nitroso groups, excluding NO2 is 1. The van der Waals surface area contributed by atoms with Crippen LogP contribution in [0.5, 0.6) is 0 Å². The summed E-state index contributed by atoms with van der Waals surface area (Å²) in [5, 5.41) is 3.31. The Bertz CT molecular complexity index is 913. The maximum absolute atomic E-state index is 11.4. The summed E-state index contributed by atoms with van der Waals surface area (Å²) in [6.07, 6.45) is 4.75. The van der Waals surface area contributed by atoms with Gasteiger partial charge in [-0.25, -0.2) is 9.97 Å². The SMILES string of the molecule is Nc1ncc2c(n1)CC(c1ccccc1-c1ccccn1)CC2N=O. The average molecular weight is 331 g/mol. The van der Waals surface area contributed by atoms with Crippen LogP contribution in [0, 0.1) is 4.91 Å². The second-order valence-corrected chi connectivity index (χ2v) is 6.19. The quantitative estimate of drug-likeness (QED) is 0.739. The van der Waals surface area contributed by atoms with Crippen LogP contribution >= 0.6 is 0 Å². The lowest BCUT2D eigenvalue weighted by Crippen LogP contribution is -2.19. The van der Waals surface area contributed by atoms with E-state index < -0.39 is 6.04 Å². The van der Waals surface area contributed by atoms with Crippen molar-refractivity contribution in [1.82, 2.24) is 15.0 Å². The van der Waals surface area contributed by atoms with E-state index in [-0.39, 0.29) is 11.9 Å². The summed E-state index contributed by atoms with van der Waals surface area (Å²) in [6, 6.07) is 13.6. The van der Waals surface area contributed by atoms with Gasteiger partial charge < -0.3 is 5.73 Å². The Kier molecular flexibility index (Phi) is 3.93. The van der Waals surface area contributed by atoms with Crippen molar-refractivity contribution in [1.29, 1.82) is 0 Å². The predicted octanol–water partition coefficient (Wildman–Crippen LogP) is 3.66. The Morgan fingerprint density at radius 2 is 1.88 bits per heavy atom. The molecule has 1 aliphatic rings. The third-order valence-corrected chi connectivity index (χ3v) is 4.69. The Balaban J connectivity index is 1.78. The second kappa shape index (κ2) is 6.39. The van der Waals surface area contributed by atoms with Gasteiger partial charge >= 0.3 is 0 Å². The lowest BCUT2D eigenvalue weighted by atomic mass is 9.78. The van der Waals surface area contributed by atoms with Gasteiger partial charge in [0.25, 0.3) is 0 Å². The third kappa shape index (κ3) is 2.87. The molecule has 2 N–H and O–H groups in total. The lowest BCUT2D eigenvalue weighted by Gasteiger charge is -2.28. The lowest BCUT2D eigenvalue weighted by molar-refractivity contribution is 0.493. The number of anilines is 1. The van der Waals surface area contributed by atoms with Crippen LogP contribution in [0.25, 0.3) is 11.3 Å². The van der Waals surface area contributed by atoms with E-state index in [0.29, 0.717) is 12.8 Å². The molecule has 3 aromatic rings. The molecule has 0 spiro atoms. The molecule has 0 aliphatic heterocycles. The molecule has 1 aliphatic carbocycles. The normalized spacial score (nSPS) is 19.2. The first-order valence-corrected chi connectivity index (χ1v) is 8.20. The van der Waals surface area contributed by atoms with Gasteiger partial charge in [0.15, 0.2) is 0 Å². The summed E-state index contributed by atoms with van der Waals surface area (Å²) in [7, 11) is 0. The second-order valence-electron chi connectivity index (χ2n) is 6.19. The Morgan fingerprint density at radius 1 is 1.04 bits per heavy atom. The van der Waals surface area contributed by atoms with E-state index >= 15 is 0 Å². The number of aromatic nitrogens is 3. The van der Waals surface area contributed by atoms with Gasteiger partial charge in [-0.05, 0) is 36.5 Å². The molecule has 6 nitrogen and oxygen atoms in total. The smallest absolute Gasteiger partial charge is 0.220 e. The number of nitrogen functional groups attached to an aromatic ring is 1. The standard InChI is InChI=1S/C19H17N5O/c20-19-22-11-15-17(23-19)9-12(10-18(15)24-25)13-5-1-2-6-14(13)16-7-3-4-8-21-16/h1-8,11-12,18H,9-10H2,(H2,20,22,23). The van der Waals surface area contributed by atoms with Crippen molar-refractivity contribution in [3.05, 3.63) is 76.6 Å². The zero-order valence-corrected chi connectivity index (χ0v) is 13.5. The zero-order valence-electron chi connectivity index (χ0n) is 13.5. The van der Waals surface area contributed by atoms with Gasteiger partial charge in [0.1, 0.15) is 6.04 Å². The molecule has 0 fully saturated rings. The van der Waals surface area contributed by atoms with Crippen molar-refractivity contribution < 1.29 is 0 Å². The number of rotatable bonds is 3. The van der Waals surface area contributed by atoms with E-state index in [1.165, 1.54) is 0 Å². The van der Waals surface area contributed by atoms with Crippen LogP contribution in [0.2, 0.25) is 0 Å². The molecule has 0 saturated heterocycles. The van der Waals surface area contributed by atoms with Gasteiger partial charge in [0.2, 0.25) is 5.95 Å². The average Bonchev–Trinajstić information content (AvgIpc) is 2.67. The molecule has 0 radical (unpaired) electrons. The monoisotopic (exact) mass is 331 g/mol. The minimum Gasteiger partial charge on any atom is -0.368 e. The minimum atomic E-state index is -0.453. The fourth-order valence-electron chi connectivity index (χ4n) is 3.54. The molecule has 0 bridgehead atoms. The van der Waals surface area contributed by atoms with E-state index in [1.807, 2.05) is 30.3 Å². The topological polar surface area (TPSA) is 94.1 Å². The van der Waals surface area contributed by atoms with Gasteiger partial charge in [0.05, 0.1) is 11.4 Å². The van der Waals surface area contributed by atoms with Gasteiger partial charge in [-0.3, -0.25) is 4.98 Å². The Morgan fingerprint density at radius 3 is 2.68 bits per heavy atom. The third-order valence-electron chi connectivity index (χ3n) is 4.69. The molecule has 4 rings (SSSR count). The van der Waals surface area contributed by atoms with E-state index in [1.54, 1.807) is 12.4 Å². The molecule has 2 heterocycles. The van der Waals surface area contributed by atoms with Crippen molar-refractivity contribution in [2.24, 2.45) is 5.18 Å². The highest BCUT2D eigenvalue weighted by Gasteiger charge is 2.31. The van der Waals surface area contributed by atoms with Crippen molar-refractivity contribution in [3.63, 3.8) is 0 Å². The van der Waals surface area contributed by atoms with Gasteiger partial charge in [-0.15, -0.1) is 0 Å². The van der Waals surface area contributed by atoms with Crippen molar-refractivity contribution >= 4 is 5.95 Å². The van der Waals surface area contributed by atoms with Crippen LogP contribution in [0.1, 0.15) is 35.2 Å². The highest BCUT2D eigenvalue weighted by Crippen LogP contribution is 2.42. The fraction of sp³-hybridized carbons (Fsp3) is 0.211. The molecule has 6 heteroatoms. The highest BCUT2D eigenvalue weighted by molar-refractivity contribution is 5.64. The van der Waals surface area contributed by atoms with Gasteiger partial charge in [0, 0.05) is 23.5 Å². The first-order valence-electron chi connectivity index (χ1n) is 8.20. The number of nitrogens with zero attached hydrogens (tertiary/aromatic N) is 4. The van der Waals surface area contributed by atoms with Crippen LogP contribution in [0.4, 0.5) is 5.95 Å². The summed E-state index contributed by atoms with van der Waals surface area (Å²) in [5.41, 5.74) is 10.5. The van der Waals surface area contributed by atoms with E-state index in [0.717, 1.165) is 28.1 Å². The summed E-state index contributed by atoms with van der Waals surface area (Å²) >= 11 is 0. The predicted molar refractivity (Wildman–Crippen MR) is 95.7 cm³/mol. The van der Waals surface area contributed by atoms with Gasteiger partial charge in [-0.1, -0.05) is 35.5 Å². The Labute approximate surface area is 145 Å². The van der Waals surface area contributed by atoms with E-state index in [9.17, 15) is 4.91 Å². The molecule has 0 saturated carbocycles. The summed E-state index contributed by atoms with van der Waals surface area (Å²) in [5.74, 6) is 0.352.